The fourth-order valence-corrected chi connectivity index (χ4v) is 2.98. The highest BCUT2D eigenvalue weighted by atomic mass is 35.5. The van der Waals surface area contributed by atoms with E-state index in [0.29, 0.717) is 33.5 Å². The Morgan fingerprint density at radius 2 is 2.07 bits per heavy atom. The Bertz CT molecular complexity index is 1050. The lowest BCUT2D eigenvalue weighted by atomic mass is 10.2. The first-order valence-corrected chi connectivity index (χ1v) is 9.46. The molecule has 29 heavy (non-hydrogen) atoms. The summed E-state index contributed by atoms with van der Waals surface area (Å²) in [5.41, 5.74) is 5.73. The van der Waals surface area contributed by atoms with E-state index in [9.17, 15) is 4.79 Å². The standard InChI is InChI=1S/C19H20ClN5O3S/c1-12-3-5-14(6-4-12)23-17(26)10-28-18-15(20)7-13(8-16(18)27-2)9-22-25-11-21-24-19(25)29/h3-8,11,22H,9-10H2,1-2H3,(H,23,26)(H,24,29). The van der Waals surface area contributed by atoms with E-state index in [1.807, 2.05) is 31.2 Å². The number of ether oxygens (including phenoxy) is 2. The van der Waals surface area contributed by atoms with Crippen molar-refractivity contribution >= 4 is 35.4 Å². The summed E-state index contributed by atoms with van der Waals surface area (Å²) in [5, 5.41) is 9.59. The van der Waals surface area contributed by atoms with E-state index in [1.54, 1.807) is 16.8 Å². The number of amides is 1. The number of aromatic amines is 1. The maximum atomic E-state index is 12.2. The van der Waals surface area contributed by atoms with Crippen LogP contribution in [-0.2, 0) is 11.3 Å². The van der Waals surface area contributed by atoms with Crippen molar-refractivity contribution in [3.05, 3.63) is 63.6 Å². The highest BCUT2D eigenvalue weighted by molar-refractivity contribution is 7.71. The molecule has 0 fully saturated rings. The number of nitrogens with zero attached hydrogens (tertiary/aromatic N) is 2. The van der Waals surface area contributed by atoms with E-state index in [1.165, 1.54) is 13.4 Å². The smallest absolute Gasteiger partial charge is 0.262 e. The van der Waals surface area contributed by atoms with Crippen molar-refractivity contribution in [2.75, 3.05) is 24.5 Å². The predicted octanol–water partition coefficient (Wildman–Crippen LogP) is 3.67. The number of H-pyrrole nitrogens is 1. The molecule has 3 aromatic rings. The van der Waals surface area contributed by atoms with Gasteiger partial charge in [-0.3, -0.25) is 9.89 Å². The number of nitrogens with one attached hydrogen (secondary N) is 3. The average molecular weight is 434 g/mol. The summed E-state index contributed by atoms with van der Waals surface area (Å²) in [4.78, 5) is 12.2. The van der Waals surface area contributed by atoms with Gasteiger partial charge in [0.05, 0.1) is 18.7 Å². The van der Waals surface area contributed by atoms with Crippen LogP contribution in [0.1, 0.15) is 11.1 Å². The Morgan fingerprint density at radius 1 is 1.31 bits per heavy atom. The third kappa shape index (κ3) is 5.49. The molecule has 0 aliphatic carbocycles. The van der Waals surface area contributed by atoms with Crippen molar-refractivity contribution in [3.8, 4) is 11.5 Å². The Labute approximate surface area is 177 Å². The second-order valence-electron chi connectivity index (χ2n) is 6.18. The number of hydrogen-bond donors (Lipinski definition) is 3. The van der Waals surface area contributed by atoms with Crippen LogP contribution in [0.3, 0.4) is 0 Å². The zero-order valence-electron chi connectivity index (χ0n) is 15.9. The van der Waals surface area contributed by atoms with E-state index in [4.69, 9.17) is 33.3 Å². The molecule has 1 aromatic heterocycles. The van der Waals surface area contributed by atoms with Gasteiger partial charge in [0.1, 0.15) is 6.33 Å². The molecule has 3 N–H and O–H groups in total. The van der Waals surface area contributed by atoms with Crippen molar-refractivity contribution in [3.63, 3.8) is 0 Å². The second-order valence-corrected chi connectivity index (χ2v) is 6.97. The molecule has 1 heterocycles. The van der Waals surface area contributed by atoms with Crippen LogP contribution in [-0.4, -0.2) is 34.5 Å². The van der Waals surface area contributed by atoms with Gasteiger partial charge in [-0.15, -0.1) is 0 Å². The van der Waals surface area contributed by atoms with Gasteiger partial charge in [0.25, 0.3) is 5.91 Å². The highest BCUT2D eigenvalue weighted by Crippen LogP contribution is 2.36. The molecule has 0 radical (unpaired) electrons. The SMILES string of the molecule is COc1cc(CNn2cn[nH]c2=S)cc(Cl)c1OCC(=O)Nc1ccc(C)cc1. The van der Waals surface area contributed by atoms with Crippen LogP contribution in [0, 0.1) is 11.7 Å². The summed E-state index contributed by atoms with van der Waals surface area (Å²) in [6.45, 7) is 2.20. The van der Waals surface area contributed by atoms with Gasteiger partial charge in [0.2, 0.25) is 4.77 Å². The largest absolute Gasteiger partial charge is 0.493 e. The summed E-state index contributed by atoms with van der Waals surface area (Å²) in [5.74, 6) is 0.428. The average Bonchev–Trinajstić information content (AvgIpc) is 3.11. The molecule has 1 amide bonds. The molecule has 0 aliphatic heterocycles. The number of hydrogen-bond acceptors (Lipinski definition) is 6. The number of halogens is 1. The molecule has 2 aromatic carbocycles. The van der Waals surface area contributed by atoms with Crippen LogP contribution in [0.4, 0.5) is 5.69 Å². The van der Waals surface area contributed by atoms with Gasteiger partial charge in [-0.1, -0.05) is 29.3 Å². The van der Waals surface area contributed by atoms with Crippen molar-refractivity contribution in [1.82, 2.24) is 14.9 Å². The van der Waals surface area contributed by atoms with E-state index in [2.05, 4.69) is 20.9 Å². The highest BCUT2D eigenvalue weighted by Gasteiger charge is 2.14. The molecule has 0 saturated carbocycles. The van der Waals surface area contributed by atoms with E-state index in [0.717, 1.165) is 11.1 Å². The van der Waals surface area contributed by atoms with Gasteiger partial charge in [-0.2, -0.15) is 5.10 Å². The number of aromatic nitrogens is 3. The maximum Gasteiger partial charge on any atom is 0.262 e. The molecule has 152 valence electrons. The normalized spacial score (nSPS) is 10.4. The number of benzene rings is 2. The molecule has 0 bridgehead atoms. The molecule has 0 saturated heterocycles. The monoisotopic (exact) mass is 433 g/mol. The molecule has 0 atom stereocenters. The van der Waals surface area contributed by atoms with Crippen molar-refractivity contribution < 1.29 is 14.3 Å². The Kier molecular flexibility index (Phi) is 6.73. The van der Waals surface area contributed by atoms with Crippen molar-refractivity contribution in [1.29, 1.82) is 0 Å². The minimum absolute atomic E-state index is 0.203. The van der Waals surface area contributed by atoms with E-state index in [-0.39, 0.29) is 12.5 Å². The van der Waals surface area contributed by atoms with Gasteiger partial charge in [-0.05, 0) is 49.0 Å². The minimum atomic E-state index is -0.299. The zero-order chi connectivity index (χ0) is 20.8. The first kappa shape index (κ1) is 20.7. The van der Waals surface area contributed by atoms with Crippen LogP contribution in [0.2, 0.25) is 5.02 Å². The van der Waals surface area contributed by atoms with Gasteiger partial charge in [0.15, 0.2) is 18.1 Å². The molecule has 10 heteroatoms. The van der Waals surface area contributed by atoms with Gasteiger partial charge in [-0.25, -0.2) is 4.68 Å². The van der Waals surface area contributed by atoms with Gasteiger partial charge < -0.3 is 20.2 Å². The van der Waals surface area contributed by atoms with Gasteiger partial charge >= 0.3 is 0 Å². The quantitative estimate of drug-likeness (QED) is 0.469. The number of aryl methyl sites for hydroxylation is 1. The van der Waals surface area contributed by atoms with Crippen LogP contribution in [0.5, 0.6) is 11.5 Å². The van der Waals surface area contributed by atoms with Crippen LogP contribution >= 0.6 is 23.8 Å². The number of methoxy groups -OCH3 is 1. The third-order valence-electron chi connectivity index (χ3n) is 3.98. The Balaban J connectivity index is 1.64. The topological polar surface area (TPSA) is 93.2 Å². The second kappa shape index (κ2) is 9.44. The number of anilines is 1. The molecule has 8 nitrogen and oxygen atoms in total. The summed E-state index contributed by atoms with van der Waals surface area (Å²) in [6.07, 6.45) is 1.53. The summed E-state index contributed by atoms with van der Waals surface area (Å²) in [6, 6.07) is 11.0. The van der Waals surface area contributed by atoms with Crippen molar-refractivity contribution in [2.24, 2.45) is 0 Å². The van der Waals surface area contributed by atoms with Crippen LogP contribution in [0.25, 0.3) is 0 Å². The van der Waals surface area contributed by atoms with Gasteiger partial charge in [0, 0.05) is 5.69 Å². The number of carbonyl (C=O) groups excluding carboxylic acids is 1. The summed E-state index contributed by atoms with van der Waals surface area (Å²) < 4.78 is 13.0. The lowest BCUT2D eigenvalue weighted by molar-refractivity contribution is -0.118. The summed E-state index contributed by atoms with van der Waals surface area (Å²) >= 11 is 11.4. The molecule has 0 aliphatic rings. The van der Waals surface area contributed by atoms with Crippen LogP contribution in [0.15, 0.2) is 42.7 Å². The zero-order valence-corrected chi connectivity index (χ0v) is 17.4. The Hall–Kier alpha value is -3.04. The Morgan fingerprint density at radius 3 is 2.72 bits per heavy atom. The number of rotatable bonds is 8. The molecule has 3 rings (SSSR count). The minimum Gasteiger partial charge on any atom is -0.493 e. The maximum absolute atomic E-state index is 12.2. The molecular weight excluding hydrogens is 414 g/mol. The fraction of sp³-hybridized carbons (Fsp3) is 0.211. The lowest BCUT2D eigenvalue weighted by Crippen LogP contribution is -2.20. The van der Waals surface area contributed by atoms with E-state index < -0.39 is 0 Å². The van der Waals surface area contributed by atoms with E-state index >= 15 is 0 Å². The molecule has 0 unspecified atom stereocenters. The first-order chi connectivity index (χ1) is 14.0. The third-order valence-corrected chi connectivity index (χ3v) is 4.55. The summed E-state index contributed by atoms with van der Waals surface area (Å²) in [7, 11) is 1.51. The van der Waals surface area contributed by atoms with Crippen LogP contribution < -0.4 is 20.2 Å². The molecular formula is C19H20ClN5O3S. The first-order valence-electron chi connectivity index (χ1n) is 8.68. The van der Waals surface area contributed by atoms with Crippen molar-refractivity contribution in [2.45, 2.75) is 13.5 Å². The predicted molar refractivity (Wildman–Crippen MR) is 114 cm³/mol. The lowest BCUT2D eigenvalue weighted by Gasteiger charge is -2.15. The number of carbonyl (C=O) groups is 1. The molecule has 0 spiro atoms. The fourth-order valence-electron chi connectivity index (χ4n) is 2.52.